The Kier molecular flexibility index (Phi) is 6.23. The summed E-state index contributed by atoms with van der Waals surface area (Å²) in [6.45, 7) is 10.6. The minimum Gasteiger partial charge on any atom is -0.330 e. The molecule has 0 heterocycles. The molecular formula is C26H46OS. The first kappa shape index (κ1) is 21.5. The molecule has 8 atom stereocenters. The van der Waals surface area contributed by atoms with Gasteiger partial charge in [-0.3, -0.25) is 0 Å². The molecule has 162 valence electrons. The first-order chi connectivity index (χ1) is 13.4. The van der Waals surface area contributed by atoms with E-state index in [2.05, 4.69) is 27.7 Å². The maximum atomic E-state index is 9.07. The van der Waals surface area contributed by atoms with E-state index in [4.69, 9.17) is 4.55 Å². The lowest BCUT2D eigenvalue weighted by molar-refractivity contribution is -0.145. The van der Waals surface area contributed by atoms with Crippen molar-refractivity contribution in [2.24, 2.45) is 45.8 Å². The van der Waals surface area contributed by atoms with E-state index >= 15 is 0 Å². The third-order valence-electron chi connectivity index (χ3n) is 11.3. The Labute approximate surface area is 179 Å². The van der Waals surface area contributed by atoms with Crippen molar-refractivity contribution < 1.29 is 4.55 Å². The second kappa shape index (κ2) is 8.10. The van der Waals surface area contributed by atoms with Gasteiger partial charge in [0.25, 0.3) is 0 Å². The Hall–Kier alpha value is 0.310. The first-order valence-corrected chi connectivity index (χ1v) is 13.6. The van der Waals surface area contributed by atoms with Crippen molar-refractivity contribution in [3.8, 4) is 0 Å². The maximum Gasteiger partial charge on any atom is 0.0195 e. The Morgan fingerprint density at radius 3 is 2.43 bits per heavy atom. The van der Waals surface area contributed by atoms with Crippen molar-refractivity contribution in [2.45, 2.75) is 111 Å². The number of rotatable bonds is 6. The summed E-state index contributed by atoms with van der Waals surface area (Å²) in [6.07, 6.45) is 18.9. The van der Waals surface area contributed by atoms with E-state index in [-0.39, 0.29) is 0 Å². The molecule has 0 aromatic carbocycles. The summed E-state index contributed by atoms with van der Waals surface area (Å²) >= 11 is 1.03. The second-order valence-corrected chi connectivity index (χ2v) is 12.7. The molecule has 0 radical (unpaired) electrons. The lowest BCUT2D eigenvalue weighted by Crippen LogP contribution is -2.56. The third-order valence-corrected chi connectivity index (χ3v) is 11.7. The van der Waals surface area contributed by atoms with Crippen LogP contribution in [0, 0.1) is 45.8 Å². The van der Waals surface area contributed by atoms with E-state index in [0.29, 0.717) is 16.2 Å². The van der Waals surface area contributed by atoms with E-state index in [1.807, 2.05) is 0 Å². The number of fused-ring (bicyclic) bond motifs is 5. The quantitative estimate of drug-likeness (QED) is 0.353. The van der Waals surface area contributed by atoms with E-state index in [1.54, 1.807) is 6.42 Å². The fourth-order valence-corrected chi connectivity index (χ4v) is 9.81. The van der Waals surface area contributed by atoms with E-state index in [9.17, 15) is 0 Å². The van der Waals surface area contributed by atoms with Gasteiger partial charge in [-0.1, -0.05) is 53.4 Å². The molecule has 0 aromatic rings. The molecule has 4 fully saturated rings. The topological polar surface area (TPSA) is 20.2 Å². The molecule has 28 heavy (non-hydrogen) atoms. The Balaban J connectivity index is 1.56. The zero-order chi connectivity index (χ0) is 20.0. The zero-order valence-electron chi connectivity index (χ0n) is 19.1. The van der Waals surface area contributed by atoms with Gasteiger partial charge in [-0.05, 0) is 116 Å². The van der Waals surface area contributed by atoms with Crippen LogP contribution in [-0.2, 0) is 0 Å². The molecule has 0 bridgehead atoms. The highest BCUT2D eigenvalue weighted by molar-refractivity contribution is 7.93. The molecule has 2 heteroatoms. The van der Waals surface area contributed by atoms with Crippen LogP contribution in [0.15, 0.2) is 0 Å². The average molecular weight is 407 g/mol. The van der Waals surface area contributed by atoms with Crippen molar-refractivity contribution in [2.75, 3.05) is 5.75 Å². The highest BCUT2D eigenvalue weighted by atomic mass is 32.2. The molecule has 6 unspecified atom stereocenters. The number of unbranched alkanes of at least 4 members (excludes halogenated alkanes) is 1. The molecule has 4 aliphatic rings. The van der Waals surface area contributed by atoms with E-state index in [1.165, 1.54) is 77.0 Å². The molecule has 0 aliphatic heterocycles. The van der Waals surface area contributed by atoms with Gasteiger partial charge in [0.15, 0.2) is 0 Å². The lowest BCUT2D eigenvalue weighted by atomic mass is 9.41. The van der Waals surface area contributed by atoms with Gasteiger partial charge in [0.05, 0.1) is 0 Å². The fraction of sp³-hybridized carbons (Fsp3) is 1.00. The summed E-state index contributed by atoms with van der Waals surface area (Å²) in [4.78, 5) is 0. The van der Waals surface area contributed by atoms with E-state index in [0.717, 1.165) is 47.4 Å². The van der Waals surface area contributed by atoms with Crippen molar-refractivity contribution in [3.05, 3.63) is 0 Å². The Morgan fingerprint density at radius 1 is 0.893 bits per heavy atom. The summed E-state index contributed by atoms with van der Waals surface area (Å²) in [5.74, 6) is 5.96. The van der Waals surface area contributed by atoms with Crippen LogP contribution >= 0.6 is 12.0 Å². The molecule has 4 saturated carbocycles. The number of hydrogen-bond donors (Lipinski definition) is 1. The Bertz CT molecular complexity index is 549. The fourth-order valence-electron chi connectivity index (χ4n) is 9.47. The van der Waals surface area contributed by atoms with Crippen molar-refractivity contribution >= 4 is 12.0 Å². The third kappa shape index (κ3) is 3.22. The van der Waals surface area contributed by atoms with Crippen LogP contribution in [0.25, 0.3) is 0 Å². The molecule has 1 N–H and O–H groups in total. The predicted molar refractivity (Wildman–Crippen MR) is 123 cm³/mol. The van der Waals surface area contributed by atoms with Gasteiger partial charge in [-0.15, -0.1) is 0 Å². The molecule has 4 rings (SSSR count). The van der Waals surface area contributed by atoms with Crippen LogP contribution < -0.4 is 0 Å². The molecular weight excluding hydrogens is 360 g/mol. The van der Waals surface area contributed by atoms with Gasteiger partial charge < -0.3 is 4.55 Å². The van der Waals surface area contributed by atoms with Gasteiger partial charge in [-0.2, -0.15) is 0 Å². The summed E-state index contributed by atoms with van der Waals surface area (Å²) in [5, 5.41) is 0. The molecule has 1 nitrogen and oxygen atoms in total. The molecule has 0 amide bonds. The standard InChI is InChI=1S/C26H46OS/c1-5-19-18-20-22(25(3)14-7-6-10-21(19)25)12-16-26(4)23(20)11-15-24(26,2)13-8-9-17-28-27/h19-23,27H,5-18H2,1-4H3/t19-,20?,21?,22-,23?,24?,25?,26?/m0/s1. The summed E-state index contributed by atoms with van der Waals surface area (Å²) in [6, 6.07) is 0. The molecule has 0 saturated heterocycles. The molecule has 0 spiro atoms. The van der Waals surface area contributed by atoms with Gasteiger partial charge in [0.2, 0.25) is 0 Å². The monoisotopic (exact) mass is 406 g/mol. The summed E-state index contributed by atoms with van der Waals surface area (Å²) in [7, 11) is 0. The van der Waals surface area contributed by atoms with Crippen molar-refractivity contribution in [3.63, 3.8) is 0 Å². The lowest BCUT2D eigenvalue weighted by Gasteiger charge is -2.63. The largest absolute Gasteiger partial charge is 0.330 e. The maximum absolute atomic E-state index is 9.07. The zero-order valence-corrected chi connectivity index (χ0v) is 20.0. The molecule has 4 aliphatic carbocycles. The smallest absolute Gasteiger partial charge is 0.0195 e. The highest BCUT2D eigenvalue weighted by Gasteiger charge is 2.63. The minimum atomic E-state index is 0.536. The second-order valence-electron chi connectivity index (χ2n) is 12.0. The minimum absolute atomic E-state index is 0.536. The van der Waals surface area contributed by atoms with Crippen LogP contribution in [0.1, 0.15) is 111 Å². The van der Waals surface area contributed by atoms with Crippen LogP contribution in [0.4, 0.5) is 0 Å². The van der Waals surface area contributed by atoms with Crippen LogP contribution in [0.2, 0.25) is 0 Å². The van der Waals surface area contributed by atoms with Gasteiger partial charge >= 0.3 is 0 Å². The van der Waals surface area contributed by atoms with Gasteiger partial charge in [-0.25, -0.2) is 0 Å². The van der Waals surface area contributed by atoms with Crippen molar-refractivity contribution in [1.29, 1.82) is 0 Å². The summed E-state index contributed by atoms with van der Waals surface area (Å²) in [5.41, 5.74) is 1.76. The average Bonchev–Trinajstić information content (AvgIpc) is 2.95. The van der Waals surface area contributed by atoms with Crippen LogP contribution in [0.5, 0.6) is 0 Å². The molecule has 0 aromatic heterocycles. The summed E-state index contributed by atoms with van der Waals surface area (Å²) < 4.78 is 9.07. The van der Waals surface area contributed by atoms with E-state index < -0.39 is 0 Å². The van der Waals surface area contributed by atoms with Gasteiger partial charge in [0, 0.05) is 5.75 Å². The van der Waals surface area contributed by atoms with Crippen molar-refractivity contribution in [1.82, 2.24) is 0 Å². The Morgan fingerprint density at radius 2 is 1.68 bits per heavy atom. The predicted octanol–water partition coefficient (Wildman–Crippen LogP) is 8.44. The highest BCUT2D eigenvalue weighted by Crippen LogP contribution is 2.72. The van der Waals surface area contributed by atoms with Crippen LogP contribution in [-0.4, -0.2) is 10.3 Å². The first-order valence-electron chi connectivity index (χ1n) is 12.7. The van der Waals surface area contributed by atoms with Crippen LogP contribution in [0.3, 0.4) is 0 Å². The normalized spacial score (nSPS) is 50.7. The SMILES string of the molecule is CC[C@H]1CC2C3CCC(C)(CCCCSO)C3(C)CC[C@@H]2C2(C)CCCCC12. The van der Waals surface area contributed by atoms with Gasteiger partial charge in [0.1, 0.15) is 0 Å². The number of hydrogen-bond acceptors (Lipinski definition) is 2.